The molecule has 3 aromatic rings. The fraction of sp³-hybridized carbons (Fsp3) is 0.286. The first-order valence-electron chi connectivity index (χ1n) is 9.07. The molecule has 6 heteroatoms. The third-order valence-electron chi connectivity index (χ3n) is 4.83. The average molecular weight is 363 g/mol. The minimum atomic E-state index is -0.119. The van der Waals surface area contributed by atoms with Gasteiger partial charge in [-0.05, 0) is 51.5 Å². The highest BCUT2D eigenvalue weighted by Crippen LogP contribution is 2.25. The Morgan fingerprint density at radius 2 is 1.93 bits per heavy atom. The molecular weight excluding hydrogens is 338 g/mol. The Bertz CT molecular complexity index is 959. The molecule has 27 heavy (non-hydrogen) atoms. The van der Waals surface area contributed by atoms with E-state index in [1.165, 1.54) is 0 Å². The first kappa shape index (κ1) is 18.6. The van der Waals surface area contributed by atoms with Crippen LogP contribution in [0, 0.1) is 13.8 Å². The van der Waals surface area contributed by atoms with Gasteiger partial charge in [-0.25, -0.2) is 0 Å². The Labute approximate surface area is 159 Å². The summed E-state index contributed by atoms with van der Waals surface area (Å²) >= 11 is 0. The summed E-state index contributed by atoms with van der Waals surface area (Å²) in [5.74, 6) is -0.115. The van der Waals surface area contributed by atoms with Crippen LogP contribution in [0.25, 0.3) is 11.1 Å². The molecule has 2 aromatic heterocycles. The number of benzene rings is 1. The topological polar surface area (TPSA) is 85.8 Å². The number of carbonyl (C=O) groups excluding carboxylic acids is 1. The molecule has 6 nitrogen and oxygen atoms in total. The number of nitrogens with one attached hydrogen (secondary N) is 1. The second-order valence-corrected chi connectivity index (χ2v) is 6.64. The van der Waals surface area contributed by atoms with Crippen molar-refractivity contribution in [3.05, 3.63) is 65.2 Å². The molecule has 0 bridgehead atoms. The first-order valence-corrected chi connectivity index (χ1v) is 9.07. The van der Waals surface area contributed by atoms with Gasteiger partial charge in [0.05, 0.1) is 11.7 Å². The summed E-state index contributed by atoms with van der Waals surface area (Å²) in [6.07, 6.45) is 3.39. The van der Waals surface area contributed by atoms with Gasteiger partial charge in [0.25, 0.3) is 5.91 Å². The highest BCUT2D eigenvalue weighted by molar-refractivity contribution is 5.95. The zero-order chi connectivity index (χ0) is 19.6. The molecule has 1 aromatic carbocycles. The molecule has 3 rings (SSSR count). The summed E-state index contributed by atoms with van der Waals surface area (Å²) in [6, 6.07) is 9.03. The molecular formula is C21H25N5O. The summed E-state index contributed by atoms with van der Waals surface area (Å²) in [6.45, 7) is 8.87. The van der Waals surface area contributed by atoms with Crippen molar-refractivity contribution in [3.8, 4) is 11.1 Å². The van der Waals surface area contributed by atoms with Crippen molar-refractivity contribution in [1.82, 2.24) is 20.1 Å². The number of carbonyl (C=O) groups is 1. The number of aryl methyl sites for hydroxylation is 2. The summed E-state index contributed by atoms with van der Waals surface area (Å²) in [5.41, 5.74) is 12.2. The molecule has 0 spiro atoms. The maximum absolute atomic E-state index is 12.7. The lowest BCUT2D eigenvalue weighted by Crippen LogP contribution is -2.27. The second-order valence-electron chi connectivity index (χ2n) is 6.64. The van der Waals surface area contributed by atoms with Gasteiger partial charge in [0, 0.05) is 47.0 Å². The van der Waals surface area contributed by atoms with E-state index in [9.17, 15) is 4.79 Å². The van der Waals surface area contributed by atoms with Crippen LogP contribution in [-0.4, -0.2) is 20.7 Å². The molecule has 140 valence electrons. The molecule has 0 aliphatic rings. The van der Waals surface area contributed by atoms with Crippen molar-refractivity contribution in [2.75, 3.05) is 5.73 Å². The van der Waals surface area contributed by atoms with Crippen LogP contribution in [0.15, 0.2) is 42.7 Å². The zero-order valence-corrected chi connectivity index (χ0v) is 16.2. The van der Waals surface area contributed by atoms with Crippen LogP contribution in [-0.2, 0) is 6.54 Å². The van der Waals surface area contributed by atoms with Crippen LogP contribution in [0.4, 0.5) is 5.69 Å². The Kier molecular flexibility index (Phi) is 5.26. The number of hydrogen-bond donors (Lipinski definition) is 2. The second kappa shape index (κ2) is 7.61. The molecule has 1 amide bonds. The van der Waals surface area contributed by atoms with Gasteiger partial charge in [-0.3, -0.25) is 14.5 Å². The number of nitrogen functional groups attached to an aromatic ring is 1. The third-order valence-corrected chi connectivity index (χ3v) is 4.83. The zero-order valence-electron chi connectivity index (χ0n) is 16.2. The van der Waals surface area contributed by atoms with Crippen molar-refractivity contribution >= 4 is 11.6 Å². The van der Waals surface area contributed by atoms with Crippen LogP contribution < -0.4 is 11.1 Å². The minimum Gasteiger partial charge on any atom is -0.398 e. The number of hydrogen-bond acceptors (Lipinski definition) is 4. The molecule has 0 radical (unpaired) electrons. The lowest BCUT2D eigenvalue weighted by Gasteiger charge is -2.15. The van der Waals surface area contributed by atoms with Gasteiger partial charge in [-0.1, -0.05) is 12.1 Å². The Morgan fingerprint density at radius 1 is 1.22 bits per heavy atom. The van der Waals surface area contributed by atoms with Crippen LogP contribution in [0.2, 0.25) is 0 Å². The number of anilines is 1. The van der Waals surface area contributed by atoms with Gasteiger partial charge in [0.2, 0.25) is 0 Å². The minimum absolute atomic E-state index is 0.115. The van der Waals surface area contributed by atoms with E-state index in [1.807, 2.05) is 37.6 Å². The highest BCUT2D eigenvalue weighted by atomic mass is 16.1. The van der Waals surface area contributed by atoms with E-state index in [0.717, 1.165) is 34.6 Å². The van der Waals surface area contributed by atoms with Gasteiger partial charge in [0.15, 0.2) is 0 Å². The molecule has 0 aliphatic carbocycles. The standard InChI is InChI=1S/C21H25N5O/c1-5-26-15(4)20(14(3)25-26)13(2)24-21(27)17-8-6-16(7-9-17)18-12-23-11-10-19(18)22/h6-13H,5H2,1-4H3,(H2,22,23)(H,24,27)/t13-/m0/s1. The van der Waals surface area contributed by atoms with Gasteiger partial charge in [-0.15, -0.1) is 0 Å². The lowest BCUT2D eigenvalue weighted by molar-refractivity contribution is 0.0940. The van der Waals surface area contributed by atoms with Crippen LogP contribution in [0.3, 0.4) is 0 Å². The molecule has 0 saturated carbocycles. The summed E-state index contributed by atoms with van der Waals surface area (Å²) in [7, 11) is 0. The SMILES string of the molecule is CCn1nc(C)c([C@H](C)NC(=O)c2ccc(-c3cnccc3N)cc2)c1C. The maximum atomic E-state index is 12.7. The first-order chi connectivity index (χ1) is 12.9. The van der Waals surface area contributed by atoms with Crippen molar-refractivity contribution in [2.45, 2.75) is 40.3 Å². The molecule has 0 aliphatic heterocycles. The fourth-order valence-corrected chi connectivity index (χ4v) is 3.45. The highest BCUT2D eigenvalue weighted by Gasteiger charge is 2.19. The number of aromatic nitrogens is 3. The van der Waals surface area contributed by atoms with Crippen molar-refractivity contribution in [1.29, 1.82) is 0 Å². The number of nitrogens with two attached hydrogens (primary N) is 1. The molecule has 0 saturated heterocycles. The van der Waals surface area contributed by atoms with E-state index >= 15 is 0 Å². The van der Waals surface area contributed by atoms with Crippen molar-refractivity contribution in [3.63, 3.8) is 0 Å². The quantitative estimate of drug-likeness (QED) is 0.724. The maximum Gasteiger partial charge on any atom is 0.251 e. The van der Waals surface area contributed by atoms with Gasteiger partial charge < -0.3 is 11.1 Å². The predicted octanol–water partition coefficient (Wildman–Crippen LogP) is 3.66. The monoisotopic (exact) mass is 363 g/mol. The number of amides is 1. The summed E-state index contributed by atoms with van der Waals surface area (Å²) in [4.78, 5) is 16.8. The van der Waals surface area contributed by atoms with Crippen molar-refractivity contribution in [2.24, 2.45) is 0 Å². The van der Waals surface area contributed by atoms with E-state index in [0.29, 0.717) is 11.3 Å². The van der Waals surface area contributed by atoms with E-state index < -0.39 is 0 Å². The van der Waals surface area contributed by atoms with Gasteiger partial charge >= 0.3 is 0 Å². The molecule has 0 unspecified atom stereocenters. The molecule has 3 N–H and O–H groups in total. The Hall–Kier alpha value is -3.15. The Morgan fingerprint density at radius 3 is 2.52 bits per heavy atom. The smallest absolute Gasteiger partial charge is 0.251 e. The fourth-order valence-electron chi connectivity index (χ4n) is 3.45. The van der Waals surface area contributed by atoms with E-state index in [2.05, 4.69) is 22.3 Å². The van der Waals surface area contributed by atoms with E-state index in [4.69, 9.17) is 5.73 Å². The third kappa shape index (κ3) is 3.69. The molecule has 0 fully saturated rings. The summed E-state index contributed by atoms with van der Waals surface area (Å²) in [5, 5.41) is 7.60. The molecule has 1 atom stereocenters. The molecule has 2 heterocycles. The van der Waals surface area contributed by atoms with E-state index in [-0.39, 0.29) is 11.9 Å². The Balaban J connectivity index is 1.77. The largest absolute Gasteiger partial charge is 0.398 e. The number of rotatable bonds is 5. The van der Waals surface area contributed by atoms with Crippen LogP contribution >= 0.6 is 0 Å². The predicted molar refractivity (Wildman–Crippen MR) is 107 cm³/mol. The number of nitrogens with zero attached hydrogens (tertiary/aromatic N) is 3. The van der Waals surface area contributed by atoms with Crippen molar-refractivity contribution < 1.29 is 4.79 Å². The van der Waals surface area contributed by atoms with E-state index in [1.54, 1.807) is 30.6 Å². The van der Waals surface area contributed by atoms with Crippen LogP contribution in [0.5, 0.6) is 0 Å². The normalized spacial score (nSPS) is 12.0. The van der Waals surface area contributed by atoms with Crippen LogP contribution in [0.1, 0.15) is 47.2 Å². The lowest BCUT2D eigenvalue weighted by atomic mass is 10.0. The van der Waals surface area contributed by atoms with Gasteiger partial charge in [-0.2, -0.15) is 5.10 Å². The summed E-state index contributed by atoms with van der Waals surface area (Å²) < 4.78 is 1.96. The number of pyridine rings is 1. The average Bonchev–Trinajstić information content (AvgIpc) is 2.95. The van der Waals surface area contributed by atoms with Gasteiger partial charge in [0.1, 0.15) is 0 Å².